The molecule has 0 aliphatic heterocycles. The Labute approximate surface area is 414 Å². The minimum Gasteiger partial charge on any atom is -0.462 e. The predicted molar refractivity (Wildman–Crippen MR) is 288 cm³/mol. The van der Waals surface area contributed by atoms with E-state index in [0.717, 1.165) is 96.3 Å². The van der Waals surface area contributed by atoms with Gasteiger partial charge in [0.15, 0.2) is 6.10 Å². The SMILES string of the molecule is CC/C=C\C/C=C\C/C=C\C/C=C\C/C=C\C/C=C\CCCCCCCCCCCCC(=O)OCC(COC(=O)CCCCCCCC)OC(=O)CCCCCCCCCCCCCCCC. The maximum absolute atomic E-state index is 12.8. The lowest BCUT2D eigenvalue weighted by Crippen LogP contribution is -2.30. The van der Waals surface area contributed by atoms with Crippen molar-refractivity contribution in [3.8, 4) is 0 Å². The fourth-order valence-electron chi connectivity index (χ4n) is 7.98. The van der Waals surface area contributed by atoms with Crippen LogP contribution >= 0.6 is 0 Å². The lowest BCUT2D eigenvalue weighted by Gasteiger charge is -2.18. The highest BCUT2D eigenvalue weighted by Crippen LogP contribution is 2.16. The molecule has 0 radical (unpaired) electrons. The normalized spacial score (nSPS) is 12.6. The summed E-state index contributed by atoms with van der Waals surface area (Å²) >= 11 is 0. The van der Waals surface area contributed by atoms with E-state index in [1.165, 1.54) is 141 Å². The van der Waals surface area contributed by atoms with E-state index in [1.807, 2.05) is 0 Å². The fraction of sp³-hybridized carbons (Fsp3) is 0.754. The van der Waals surface area contributed by atoms with Crippen molar-refractivity contribution in [2.24, 2.45) is 0 Å². The monoisotopic (exact) mass is 935 g/mol. The largest absolute Gasteiger partial charge is 0.462 e. The van der Waals surface area contributed by atoms with Crippen LogP contribution < -0.4 is 0 Å². The molecule has 0 bridgehead atoms. The van der Waals surface area contributed by atoms with E-state index >= 15 is 0 Å². The van der Waals surface area contributed by atoms with Crippen molar-refractivity contribution in [2.45, 2.75) is 284 Å². The van der Waals surface area contributed by atoms with Crippen LogP contribution in [0.2, 0.25) is 0 Å². The number of unbranched alkanes of at least 4 members (excludes halogenated alkanes) is 28. The number of allylic oxidation sites excluding steroid dienone is 12. The second kappa shape index (κ2) is 55.4. The summed E-state index contributed by atoms with van der Waals surface area (Å²) in [7, 11) is 0. The Kier molecular flexibility index (Phi) is 52.8. The molecular weight excluding hydrogens is 829 g/mol. The molecule has 0 saturated heterocycles. The second-order valence-corrected chi connectivity index (χ2v) is 18.8. The molecule has 0 saturated carbocycles. The maximum Gasteiger partial charge on any atom is 0.306 e. The zero-order valence-electron chi connectivity index (χ0n) is 44.2. The molecule has 0 aromatic rings. The average molecular weight is 936 g/mol. The van der Waals surface area contributed by atoms with Gasteiger partial charge in [0, 0.05) is 19.3 Å². The molecule has 6 nitrogen and oxygen atoms in total. The van der Waals surface area contributed by atoms with Crippen LogP contribution in [0.3, 0.4) is 0 Å². The van der Waals surface area contributed by atoms with Crippen molar-refractivity contribution in [2.75, 3.05) is 13.2 Å². The molecule has 0 spiro atoms. The molecule has 0 aliphatic carbocycles. The quantitative estimate of drug-likeness (QED) is 0.0262. The number of carbonyl (C=O) groups excluding carboxylic acids is 3. The summed E-state index contributed by atoms with van der Waals surface area (Å²) in [4.78, 5) is 37.8. The molecule has 0 rings (SSSR count). The first-order chi connectivity index (χ1) is 33.0. The lowest BCUT2D eigenvalue weighted by atomic mass is 10.0. The van der Waals surface area contributed by atoms with E-state index in [0.29, 0.717) is 19.3 Å². The Bertz CT molecular complexity index is 1260. The van der Waals surface area contributed by atoms with Crippen molar-refractivity contribution >= 4 is 17.9 Å². The van der Waals surface area contributed by atoms with Gasteiger partial charge in [0.2, 0.25) is 0 Å². The van der Waals surface area contributed by atoms with E-state index in [1.54, 1.807) is 0 Å². The van der Waals surface area contributed by atoms with E-state index in [2.05, 4.69) is 93.7 Å². The first-order valence-electron chi connectivity index (χ1n) is 28.4. The summed E-state index contributed by atoms with van der Waals surface area (Å²) in [6, 6.07) is 0. The van der Waals surface area contributed by atoms with Gasteiger partial charge in [-0.1, -0.05) is 261 Å². The molecule has 0 fully saturated rings. The van der Waals surface area contributed by atoms with Crippen molar-refractivity contribution in [1.29, 1.82) is 0 Å². The van der Waals surface area contributed by atoms with Crippen LogP contribution in [0, 0.1) is 0 Å². The molecule has 386 valence electrons. The van der Waals surface area contributed by atoms with E-state index < -0.39 is 6.10 Å². The van der Waals surface area contributed by atoms with Crippen molar-refractivity contribution in [3.05, 3.63) is 72.9 Å². The fourth-order valence-corrected chi connectivity index (χ4v) is 7.98. The molecule has 1 atom stereocenters. The van der Waals surface area contributed by atoms with Crippen LogP contribution in [0.1, 0.15) is 278 Å². The Morgan fingerprint density at radius 3 is 0.910 bits per heavy atom. The Morgan fingerprint density at radius 1 is 0.313 bits per heavy atom. The predicted octanol–water partition coefficient (Wildman–Crippen LogP) is 19.0. The van der Waals surface area contributed by atoms with Gasteiger partial charge in [0.25, 0.3) is 0 Å². The third kappa shape index (κ3) is 53.7. The molecule has 6 heteroatoms. The first kappa shape index (κ1) is 63.8. The average Bonchev–Trinajstić information content (AvgIpc) is 3.33. The minimum absolute atomic E-state index is 0.0735. The van der Waals surface area contributed by atoms with Crippen LogP contribution in [0.25, 0.3) is 0 Å². The van der Waals surface area contributed by atoms with Crippen molar-refractivity contribution < 1.29 is 28.6 Å². The molecule has 0 aromatic carbocycles. The van der Waals surface area contributed by atoms with Crippen LogP contribution in [0.5, 0.6) is 0 Å². The number of ether oxygens (including phenoxy) is 3. The van der Waals surface area contributed by atoms with Gasteiger partial charge in [-0.25, -0.2) is 0 Å². The lowest BCUT2D eigenvalue weighted by molar-refractivity contribution is -0.167. The third-order valence-electron chi connectivity index (χ3n) is 12.2. The summed E-state index contributed by atoms with van der Waals surface area (Å²) < 4.78 is 16.7. The molecule has 0 aromatic heterocycles. The summed E-state index contributed by atoms with van der Waals surface area (Å²) in [6.07, 6.45) is 70.7. The molecule has 0 heterocycles. The third-order valence-corrected chi connectivity index (χ3v) is 12.2. The van der Waals surface area contributed by atoms with Crippen molar-refractivity contribution in [1.82, 2.24) is 0 Å². The van der Waals surface area contributed by atoms with Crippen LogP contribution in [-0.4, -0.2) is 37.2 Å². The molecule has 0 amide bonds. The zero-order valence-corrected chi connectivity index (χ0v) is 44.2. The van der Waals surface area contributed by atoms with Gasteiger partial charge in [-0.05, 0) is 70.6 Å². The summed E-state index contributed by atoms with van der Waals surface area (Å²) in [5.41, 5.74) is 0. The number of esters is 3. The Balaban J connectivity index is 4.08. The number of rotatable bonds is 51. The summed E-state index contributed by atoms with van der Waals surface area (Å²) in [6.45, 7) is 6.48. The van der Waals surface area contributed by atoms with Gasteiger partial charge in [0.1, 0.15) is 13.2 Å². The van der Waals surface area contributed by atoms with Crippen molar-refractivity contribution in [3.63, 3.8) is 0 Å². The highest BCUT2D eigenvalue weighted by molar-refractivity contribution is 5.71. The van der Waals surface area contributed by atoms with Gasteiger partial charge in [-0.15, -0.1) is 0 Å². The van der Waals surface area contributed by atoms with Gasteiger partial charge in [-0.2, -0.15) is 0 Å². The topological polar surface area (TPSA) is 78.9 Å². The summed E-state index contributed by atoms with van der Waals surface area (Å²) in [5.74, 6) is -0.880. The Hall–Kier alpha value is -3.15. The van der Waals surface area contributed by atoms with Gasteiger partial charge in [-0.3, -0.25) is 14.4 Å². The first-order valence-corrected chi connectivity index (χ1v) is 28.4. The number of carbonyl (C=O) groups is 3. The van der Waals surface area contributed by atoms with Crippen LogP contribution in [-0.2, 0) is 28.6 Å². The molecule has 0 N–H and O–H groups in total. The number of hydrogen-bond acceptors (Lipinski definition) is 6. The van der Waals surface area contributed by atoms with E-state index in [4.69, 9.17) is 14.2 Å². The van der Waals surface area contributed by atoms with Crippen LogP contribution in [0.15, 0.2) is 72.9 Å². The highest BCUT2D eigenvalue weighted by Gasteiger charge is 2.19. The minimum atomic E-state index is -0.770. The molecule has 67 heavy (non-hydrogen) atoms. The maximum atomic E-state index is 12.8. The summed E-state index contributed by atoms with van der Waals surface area (Å²) in [5, 5.41) is 0. The standard InChI is InChI=1S/C61H106O6/c1-4-7-10-13-16-18-20-22-24-25-26-27-28-29-30-31-32-33-34-35-36-37-38-40-41-43-45-48-51-54-60(63)66-57-58(56-65-59(62)53-50-47-15-12-9-6-3)67-61(64)55-52-49-46-44-42-39-23-21-19-17-14-11-8-5-2/h7,10,16,18,22,24,26-27,29-30,32-33,58H,4-6,8-9,11-15,17,19-21,23,25,28,31,34-57H2,1-3H3/b10-7-,18-16-,24-22-,27-26-,30-29-,33-32-. The van der Waals surface area contributed by atoms with E-state index in [9.17, 15) is 14.4 Å². The Morgan fingerprint density at radius 2 is 0.582 bits per heavy atom. The van der Waals surface area contributed by atoms with Gasteiger partial charge < -0.3 is 14.2 Å². The molecule has 0 aliphatic rings. The molecular formula is C61H106O6. The number of hydrogen-bond donors (Lipinski definition) is 0. The molecule has 1 unspecified atom stereocenters. The van der Waals surface area contributed by atoms with Gasteiger partial charge in [0.05, 0.1) is 0 Å². The van der Waals surface area contributed by atoms with Crippen LogP contribution in [0.4, 0.5) is 0 Å². The second-order valence-electron chi connectivity index (χ2n) is 18.8. The smallest absolute Gasteiger partial charge is 0.306 e. The van der Waals surface area contributed by atoms with E-state index in [-0.39, 0.29) is 31.1 Å². The zero-order chi connectivity index (χ0) is 48.6. The highest BCUT2D eigenvalue weighted by atomic mass is 16.6. The van der Waals surface area contributed by atoms with Gasteiger partial charge >= 0.3 is 17.9 Å².